The predicted octanol–water partition coefficient (Wildman–Crippen LogP) is 4.68. The fraction of sp³-hybridized carbons (Fsp3) is 0.529. The van der Waals surface area contributed by atoms with E-state index < -0.39 is 0 Å². The van der Waals surface area contributed by atoms with Crippen LogP contribution >= 0.6 is 0 Å². The fourth-order valence-corrected chi connectivity index (χ4v) is 2.39. The first-order valence-electron chi connectivity index (χ1n) is 7.09. The molecule has 0 aliphatic carbocycles. The summed E-state index contributed by atoms with van der Waals surface area (Å²) < 4.78 is 0. The topological polar surface area (TPSA) is 20.2 Å². The molecule has 1 unspecified atom stereocenters. The quantitative estimate of drug-likeness (QED) is 0.660. The minimum Gasteiger partial charge on any atom is -0.396 e. The van der Waals surface area contributed by atoms with Gasteiger partial charge in [-0.25, -0.2) is 0 Å². The van der Waals surface area contributed by atoms with Crippen LogP contribution in [0.5, 0.6) is 0 Å². The van der Waals surface area contributed by atoms with Gasteiger partial charge in [-0.15, -0.1) is 0 Å². The molecule has 0 radical (unpaired) electrons. The molecule has 0 aliphatic heterocycles. The minimum absolute atomic E-state index is 0.299. The van der Waals surface area contributed by atoms with Crippen LogP contribution in [0.25, 0.3) is 0 Å². The molecule has 1 aromatic rings. The molecule has 1 aromatic carbocycles. The summed E-state index contributed by atoms with van der Waals surface area (Å²) in [6.07, 6.45) is 7.77. The zero-order chi connectivity index (χ0) is 13.2. The van der Waals surface area contributed by atoms with E-state index in [1.807, 2.05) is 0 Å². The van der Waals surface area contributed by atoms with E-state index in [0.717, 1.165) is 19.3 Å². The number of hydrogen-bond acceptors (Lipinski definition) is 1. The summed E-state index contributed by atoms with van der Waals surface area (Å²) >= 11 is 0. The first kappa shape index (κ1) is 15.0. The van der Waals surface area contributed by atoms with Crippen LogP contribution in [-0.4, -0.2) is 11.7 Å². The average Bonchev–Trinajstić information content (AvgIpc) is 2.40. The van der Waals surface area contributed by atoms with E-state index in [1.54, 1.807) is 0 Å². The first-order chi connectivity index (χ1) is 8.77. The van der Waals surface area contributed by atoms with Gasteiger partial charge in [0.05, 0.1) is 0 Å². The van der Waals surface area contributed by atoms with Crippen molar-refractivity contribution in [2.45, 2.75) is 51.9 Å². The highest BCUT2D eigenvalue weighted by molar-refractivity contribution is 5.19. The molecule has 1 rings (SSSR count). The van der Waals surface area contributed by atoms with Gasteiger partial charge in [-0.1, -0.05) is 48.9 Å². The van der Waals surface area contributed by atoms with Gasteiger partial charge in [-0.2, -0.15) is 0 Å². The molecular weight excluding hydrogens is 220 g/mol. The lowest BCUT2D eigenvalue weighted by Crippen LogP contribution is -2.01. The Morgan fingerprint density at radius 1 is 1.22 bits per heavy atom. The highest BCUT2D eigenvalue weighted by Gasteiger charge is 2.10. The average molecular weight is 246 g/mol. The van der Waals surface area contributed by atoms with Gasteiger partial charge in [0.2, 0.25) is 0 Å². The number of aliphatic hydroxyl groups is 1. The zero-order valence-electron chi connectivity index (χ0n) is 11.7. The molecule has 0 aromatic heterocycles. The largest absolute Gasteiger partial charge is 0.396 e. The standard InChI is InChI=1S/C17H26O/c1-3-8-15(2)12-13-17(11-7-14-18)16-9-5-4-6-10-16/h4-6,8-10,17-18H,3,7,11-14H2,1-2H3/b15-8+. The van der Waals surface area contributed by atoms with Gasteiger partial charge in [0.15, 0.2) is 0 Å². The second kappa shape index (κ2) is 8.93. The van der Waals surface area contributed by atoms with Crippen molar-refractivity contribution in [3.8, 4) is 0 Å². The van der Waals surface area contributed by atoms with Crippen molar-refractivity contribution < 1.29 is 5.11 Å². The maximum Gasteiger partial charge on any atom is 0.0431 e. The Morgan fingerprint density at radius 3 is 2.56 bits per heavy atom. The molecule has 1 N–H and O–H groups in total. The Kier molecular flexibility index (Phi) is 7.43. The molecule has 1 heteroatoms. The zero-order valence-corrected chi connectivity index (χ0v) is 11.7. The second-order valence-corrected chi connectivity index (χ2v) is 4.97. The van der Waals surface area contributed by atoms with Crippen molar-refractivity contribution in [2.75, 3.05) is 6.61 Å². The molecule has 0 amide bonds. The van der Waals surface area contributed by atoms with Gasteiger partial charge >= 0.3 is 0 Å². The lowest BCUT2D eigenvalue weighted by Gasteiger charge is -2.17. The van der Waals surface area contributed by atoms with E-state index >= 15 is 0 Å². The highest BCUT2D eigenvalue weighted by Crippen LogP contribution is 2.27. The number of rotatable bonds is 8. The Bertz CT molecular complexity index is 340. The summed E-state index contributed by atoms with van der Waals surface area (Å²) in [4.78, 5) is 0. The molecule has 0 spiro atoms. The summed E-state index contributed by atoms with van der Waals surface area (Å²) in [5.41, 5.74) is 2.90. The SMILES string of the molecule is CC/C=C(\C)CCC(CCCO)c1ccccc1. The van der Waals surface area contributed by atoms with E-state index in [1.165, 1.54) is 24.0 Å². The van der Waals surface area contributed by atoms with Crippen LogP contribution < -0.4 is 0 Å². The molecule has 100 valence electrons. The van der Waals surface area contributed by atoms with Crippen LogP contribution in [0.1, 0.15) is 57.4 Å². The number of benzene rings is 1. The van der Waals surface area contributed by atoms with Gasteiger partial charge in [0.25, 0.3) is 0 Å². The van der Waals surface area contributed by atoms with Gasteiger partial charge in [-0.05, 0) is 50.5 Å². The maximum absolute atomic E-state index is 9.01. The summed E-state index contributed by atoms with van der Waals surface area (Å²) in [6.45, 7) is 4.70. The van der Waals surface area contributed by atoms with E-state index in [2.05, 4.69) is 50.3 Å². The van der Waals surface area contributed by atoms with Gasteiger partial charge in [0.1, 0.15) is 0 Å². The van der Waals surface area contributed by atoms with E-state index in [4.69, 9.17) is 5.11 Å². The molecule has 0 heterocycles. The van der Waals surface area contributed by atoms with Crippen molar-refractivity contribution >= 4 is 0 Å². The normalized spacial score (nSPS) is 13.6. The molecule has 0 aliphatic rings. The van der Waals surface area contributed by atoms with E-state index in [9.17, 15) is 0 Å². The van der Waals surface area contributed by atoms with Crippen LogP contribution in [-0.2, 0) is 0 Å². The van der Waals surface area contributed by atoms with Crippen LogP contribution in [0.4, 0.5) is 0 Å². The molecule has 18 heavy (non-hydrogen) atoms. The number of allylic oxidation sites excluding steroid dienone is 2. The molecule has 1 nitrogen and oxygen atoms in total. The van der Waals surface area contributed by atoms with Gasteiger partial charge in [-0.3, -0.25) is 0 Å². The van der Waals surface area contributed by atoms with Crippen LogP contribution in [0, 0.1) is 0 Å². The van der Waals surface area contributed by atoms with Crippen molar-refractivity contribution in [1.29, 1.82) is 0 Å². The van der Waals surface area contributed by atoms with Crippen molar-refractivity contribution in [1.82, 2.24) is 0 Å². The van der Waals surface area contributed by atoms with Crippen LogP contribution in [0.2, 0.25) is 0 Å². The molecule has 1 atom stereocenters. The third-order valence-electron chi connectivity index (χ3n) is 3.42. The summed E-state index contributed by atoms with van der Waals surface area (Å²) in [7, 11) is 0. The summed E-state index contributed by atoms with van der Waals surface area (Å²) in [5, 5.41) is 9.01. The van der Waals surface area contributed by atoms with Crippen molar-refractivity contribution in [2.24, 2.45) is 0 Å². The molecule has 0 saturated heterocycles. The fourth-order valence-electron chi connectivity index (χ4n) is 2.39. The maximum atomic E-state index is 9.01. The smallest absolute Gasteiger partial charge is 0.0431 e. The third-order valence-corrected chi connectivity index (χ3v) is 3.42. The van der Waals surface area contributed by atoms with E-state index in [-0.39, 0.29) is 0 Å². The monoisotopic (exact) mass is 246 g/mol. The Balaban J connectivity index is 2.59. The van der Waals surface area contributed by atoms with Crippen molar-refractivity contribution in [3.63, 3.8) is 0 Å². The van der Waals surface area contributed by atoms with E-state index in [0.29, 0.717) is 12.5 Å². The molecule has 0 fully saturated rings. The summed E-state index contributed by atoms with van der Waals surface area (Å²) in [5.74, 6) is 0.582. The number of aliphatic hydroxyl groups excluding tert-OH is 1. The first-order valence-corrected chi connectivity index (χ1v) is 7.09. The Hall–Kier alpha value is -1.08. The minimum atomic E-state index is 0.299. The lowest BCUT2D eigenvalue weighted by molar-refractivity contribution is 0.278. The summed E-state index contributed by atoms with van der Waals surface area (Å²) in [6, 6.07) is 10.7. The second-order valence-electron chi connectivity index (χ2n) is 4.97. The van der Waals surface area contributed by atoms with Gasteiger partial charge < -0.3 is 5.11 Å². The third kappa shape index (κ3) is 5.50. The molecule has 0 saturated carbocycles. The lowest BCUT2D eigenvalue weighted by atomic mass is 9.89. The molecular formula is C17H26O. The van der Waals surface area contributed by atoms with Crippen LogP contribution in [0.15, 0.2) is 42.0 Å². The predicted molar refractivity (Wildman–Crippen MR) is 78.8 cm³/mol. The number of hydrogen-bond donors (Lipinski definition) is 1. The Morgan fingerprint density at radius 2 is 1.94 bits per heavy atom. The molecule has 0 bridgehead atoms. The Labute approximate surface area is 112 Å². The van der Waals surface area contributed by atoms with Crippen LogP contribution in [0.3, 0.4) is 0 Å². The van der Waals surface area contributed by atoms with Crippen molar-refractivity contribution in [3.05, 3.63) is 47.5 Å². The highest BCUT2D eigenvalue weighted by atomic mass is 16.2. The van der Waals surface area contributed by atoms with Gasteiger partial charge in [0, 0.05) is 6.61 Å².